The van der Waals surface area contributed by atoms with Crippen molar-refractivity contribution in [1.82, 2.24) is 4.90 Å². The van der Waals surface area contributed by atoms with Crippen molar-refractivity contribution >= 4 is 11.6 Å². The van der Waals surface area contributed by atoms with E-state index in [0.717, 1.165) is 11.4 Å². The van der Waals surface area contributed by atoms with Crippen LogP contribution < -0.4 is 19.8 Å². The van der Waals surface area contributed by atoms with Crippen molar-refractivity contribution in [3.05, 3.63) is 52.6 Å². The molecule has 1 unspecified atom stereocenters. The molecule has 1 fully saturated rings. The molecule has 0 bridgehead atoms. The summed E-state index contributed by atoms with van der Waals surface area (Å²) in [4.78, 5) is 28.4. The van der Waals surface area contributed by atoms with E-state index in [-0.39, 0.29) is 23.1 Å². The minimum absolute atomic E-state index is 0.0114. The lowest BCUT2D eigenvalue weighted by Gasteiger charge is -2.38. The van der Waals surface area contributed by atoms with Gasteiger partial charge in [-0.3, -0.25) is 14.5 Å². The Morgan fingerprint density at radius 2 is 1.85 bits per heavy atom. The van der Waals surface area contributed by atoms with E-state index in [1.165, 1.54) is 19.4 Å². The number of hydrogen-bond acceptors (Lipinski definition) is 6. The summed E-state index contributed by atoms with van der Waals surface area (Å²) in [7, 11) is 3.03. The van der Waals surface area contributed by atoms with Gasteiger partial charge in [-0.05, 0) is 31.2 Å². The molecule has 1 aliphatic rings. The van der Waals surface area contributed by atoms with Crippen LogP contribution in [-0.2, 0) is 11.3 Å². The molecule has 0 radical (unpaired) electrons. The van der Waals surface area contributed by atoms with E-state index in [1.54, 1.807) is 12.0 Å². The molecule has 2 aromatic rings. The van der Waals surface area contributed by atoms with Gasteiger partial charge in [0.25, 0.3) is 0 Å². The number of anilines is 1. The molecule has 0 aliphatic carbocycles. The number of amides is 1. The van der Waals surface area contributed by atoms with Gasteiger partial charge in [0.05, 0.1) is 26.8 Å². The minimum Gasteiger partial charge on any atom is -0.497 e. The second kappa shape index (κ2) is 7.61. The Morgan fingerprint density at radius 3 is 2.46 bits per heavy atom. The average Bonchev–Trinajstić information content (AvgIpc) is 2.66. The number of carbonyl (C=O) groups is 1. The van der Waals surface area contributed by atoms with Gasteiger partial charge in [-0.2, -0.15) is 0 Å². The fourth-order valence-electron chi connectivity index (χ4n) is 3.02. The molecule has 0 spiro atoms. The molecule has 7 nitrogen and oxygen atoms in total. The van der Waals surface area contributed by atoms with E-state index in [2.05, 4.69) is 0 Å². The van der Waals surface area contributed by atoms with Crippen molar-refractivity contribution in [3.8, 4) is 11.5 Å². The molecule has 1 aromatic carbocycles. The topological polar surface area (TPSA) is 72.2 Å². The van der Waals surface area contributed by atoms with Gasteiger partial charge in [0.2, 0.25) is 17.1 Å². The number of carbonyl (C=O) groups excluding carboxylic acids is 1. The third-order valence-corrected chi connectivity index (χ3v) is 4.60. The van der Waals surface area contributed by atoms with E-state index in [1.807, 2.05) is 36.1 Å². The van der Waals surface area contributed by atoms with Crippen molar-refractivity contribution in [2.75, 3.05) is 32.2 Å². The van der Waals surface area contributed by atoms with Crippen LogP contribution in [0.4, 0.5) is 5.69 Å². The summed E-state index contributed by atoms with van der Waals surface area (Å²) < 4.78 is 15.5. The van der Waals surface area contributed by atoms with Gasteiger partial charge in [0, 0.05) is 24.8 Å². The zero-order chi connectivity index (χ0) is 18.7. The largest absolute Gasteiger partial charge is 0.497 e. The van der Waals surface area contributed by atoms with Gasteiger partial charge in [-0.25, -0.2) is 0 Å². The molecular formula is C19H22N2O5. The first-order valence-corrected chi connectivity index (χ1v) is 8.38. The number of methoxy groups -OCH3 is 2. The molecule has 1 aliphatic heterocycles. The number of benzene rings is 1. The lowest BCUT2D eigenvalue weighted by atomic mass is 10.1. The Morgan fingerprint density at radius 1 is 1.12 bits per heavy atom. The highest BCUT2D eigenvalue weighted by atomic mass is 16.5. The summed E-state index contributed by atoms with van der Waals surface area (Å²) in [6, 6.07) is 8.52. The van der Waals surface area contributed by atoms with Gasteiger partial charge in [0.15, 0.2) is 0 Å². The molecule has 0 N–H and O–H groups in total. The number of piperazine rings is 1. The first-order valence-electron chi connectivity index (χ1n) is 8.38. The van der Waals surface area contributed by atoms with E-state index in [4.69, 9.17) is 13.9 Å². The van der Waals surface area contributed by atoms with E-state index >= 15 is 0 Å². The molecule has 1 amide bonds. The summed E-state index contributed by atoms with van der Waals surface area (Å²) >= 11 is 0. The third kappa shape index (κ3) is 3.57. The van der Waals surface area contributed by atoms with Crippen LogP contribution in [-0.4, -0.2) is 44.2 Å². The second-order valence-electron chi connectivity index (χ2n) is 6.11. The molecule has 138 valence electrons. The van der Waals surface area contributed by atoms with Crippen LogP contribution in [0.15, 0.2) is 45.8 Å². The van der Waals surface area contributed by atoms with E-state index in [9.17, 15) is 9.59 Å². The predicted molar refractivity (Wildman–Crippen MR) is 96.7 cm³/mol. The molecule has 1 saturated heterocycles. The number of hydrogen-bond donors (Lipinski definition) is 0. The maximum atomic E-state index is 12.8. The molecule has 1 atom stereocenters. The molecule has 26 heavy (non-hydrogen) atoms. The highest BCUT2D eigenvalue weighted by Gasteiger charge is 2.32. The van der Waals surface area contributed by atoms with Gasteiger partial charge in [0.1, 0.15) is 17.8 Å². The predicted octanol–water partition coefficient (Wildman–Crippen LogP) is 1.89. The third-order valence-electron chi connectivity index (χ3n) is 4.60. The Hall–Kier alpha value is -2.80. The Labute approximate surface area is 151 Å². The lowest BCUT2D eigenvalue weighted by Crippen LogP contribution is -2.55. The summed E-state index contributed by atoms with van der Waals surface area (Å²) in [5.41, 5.74) is 0.614. The first-order chi connectivity index (χ1) is 12.5. The van der Waals surface area contributed by atoms with Gasteiger partial charge in [-0.15, -0.1) is 0 Å². The number of ether oxygens (including phenoxy) is 2. The van der Waals surface area contributed by atoms with Gasteiger partial charge in [-0.1, -0.05) is 0 Å². The minimum atomic E-state index is -0.321. The molecule has 3 rings (SSSR count). The Kier molecular flexibility index (Phi) is 5.27. The van der Waals surface area contributed by atoms with Crippen LogP contribution in [0.3, 0.4) is 0 Å². The van der Waals surface area contributed by atoms with Crippen molar-refractivity contribution in [1.29, 1.82) is 0 Å². The van der Waals surface area contributed by atoms with Crippen LogP contribution in [0.5, 0.6) is 11.5 Å². The zero-order valence-electron chi connectivity index (χ0n) is 15.1. The monoisotopic (exact) mass is 358 g/mol. The highest BCUT2D eigenvalue weighted by molar-refractivity contribution is 5.97. The maximum absolute atomic E-state index is 12.8. The Bertz CT molecular complexity index is 831. The summed E-state index contributed by atoms with van der Waals surface area (Å²) in [5, 5.41) is 0. The molecular weight excluding hydrogens is 336 g/mol. The number of nitrogens with zero attached hydrogens (tertiary/aromatic N) is 2. The van der Waals surface area contributed by atoms with Crippen LogP contribution in [0, 0.1) is 0 Å². The normalized spacial score (nSPS) is 18.0. The molecule has 1 aromatic heterocycles. The van der Waals surface area contributed by atoms with Crippen LogP contribution in [0.2, 0.25) is 0 Å². The quantitative estimate of drug-likeness (QED) is 0.813. The van der Waals surface area contributed by atoms with Crippen molar-refractivity contribution in [2.45, 2.75) is 19.5 Å². The molecule has 0 saturated carbocycles. The van der Waals surface area contributed by atoms with Gasteiger partial charge < -0.3 is 18.8 Å². The second-order valence-corrected chi connectivity index (χ2v) is 6.11. The zero-order valence-corrected chi connectivity index (χ0v) is 15.1. The van der Waals surface area contributed by atoms with E-state index in [0.29, 0.717) is 25.4 Å². The fraction of sp³-hybridized carbons (Fsp3) is 0.368. The van der Waals surface area contributed by atoms with Crippen molar-refractivity contribution in [2.24, 2.45) is 0 Å². The van der Waals surface area contributed by atoms with E-state index < -0.39 is 0 Å². The van der Waals surface area contributed by atoms with Crippen molar-refractivity contribution < 1.29 is 18.7 Å². The Balaban J connectivity index is 1.71. The number of rotatable bonds is 5. The molecule has 7 heteroatoms. The average molecular weight is 358 g/mol. The van der Waals surface area contributed by atoms with Crippen LogP contribution >= 0.6 is 0 Å². The standard InChI is InChI=1S/C19H22N2O5/c1-13-19(23)21(14-4-6-15(24-2)7-5-14)9-8-20(13)11-16-10-17(22)18(25-3)12-26-16/h4-7,10,12-13H,8-9,11H2,1-3H3. The summed E-state index contributed by atoms with van der Waals surface area (Å²) in [6.07, 6.45) is 1.30. The summed E-state index contributed by atoms with van der Waals surface area (Å²) in [6.45, 7) is 3.49. The van der Waals surface area contributed by atoms with Crippen LogP contribution in [0.1, 0.15) is 12.7 Å². The van der Waals surface area contributed by atoms with Crippen LogP contribution in [0.25, 0.3) is 0 Å². The van der Waals surface area contributed by atoms with Crippen molar-refractivity contribution in [3.63, 3.8) is 0 Å². The fourth-order valence-corrected chi connectivity index (χ4v) is 3.02. The maximum Gasteiger partial charge on any atom is 0.244 e. The smallest absolute Gasteiger partial charge is 0.244 e. The highest BCUT2D eigenvalue weighted by Crippen LogP contribution is 2.24. The lowest BCUT2D eigenvalue weighted by molar-refractivity contribution is -0.125. The first kappa shape index (κ1) is 18.0. The summed E-state index contributed by atoms with van der Waals surface area (Å²) in [5.74, 6) is 1.44. The SMILES string of the molecule is COc1ccc(N2CCN(Cc3cc(=O)c(OC)co3)C(C)C2=O)cc1. The molecule has 2 heterocycles. The van der Waals surface area contributed by atoms with Gasteiger partial charge >= 0.3 is 0 Å².